The number of nitrogens with one attached hydrogen (secondary N) is 1. The van der Waals surface area contributed by atoms with Gasteiger partial charge in [0.1, 0.15) is 0 Å². The monoisotopic (exact) mass is 288 g/mol. The van der Waals surface area contributed by atoms with Crippen LogP contribution >= 0.6 is 0 Å². The normalized spacial score (nSPS) is 14.6. The highest BCUT2D eigenvalue weighted by Gasteiger charge is 2.23. The Hall–Kier alpha value is -1.51. The van der Waals surface area contributed by atoms with Gasteiger partial charge in [-0.15, -0.1) is 0 Å². The van der Waals surface area contributed by atoms with Crippen molar-refractivity contribution >= 4 is 11.6 Å². The maximum atomic E-state index is 12.6. The molecule has 2 rings (SSSR count). The van der Waals surface area contributed by atoms with Crippen molar-refractivity contribution in [3.8, 4) is 0 Å². The molecule has 1 fully saturated rings. The molecule has 0 unspecified atom stereocenters. The predicted molar refractivity (Wildman–Crippen MR) is 88.9 cm³/mol. The molecular weight excluding hydrogens is 260 g/mol. The van der Waals surface area contributed by atoms with E-state index in [0.29, 0.717) is 0 Å². The van der Waals surface area contributed by atoms with Crippen LogP contribution in [0.25, 0.3) is 0 Å². The quantitative estimate of drug-likeness (QED) is 0.820. The van der Waals surface area contributed by atoms with Crippen LogP contribution in [0, 0.1) is 12.8 Å². The van der Waals surface area contributed by atoms with Gasteiger partial charge >= 0.3 is 0 Å². The van der Waals surface area contributed by atoms with E-state index in [1.54, 1.807) is 0 Å². The Morgan fingerprint density at radius 2 is 2.10 bits per heavy atom. The Labute approximate surface area is 128 Å². The van der Waals surface area contributed by atoms with E-state index in [4.69, 9.17) is 0 Å². The Morgan fingerprint density at radius 1 is 1.33 bits per heavy atom. The van der Waals surface area contributed by atoms with E-state index >= 15 is 0 Å². The highest BCUT2D eigenvalue weighted by atomic mass is 16.2. The van der Waals surface area contributed by atoms with Gasteiger partial charge in [-0.2, -0.15) is 0 Å². The molecule has 3 heteroatoms. The average molecular weight is 288 g/mol. The number of benzene rings is 1. The lowest BCUT2D eigenvalue weighted by atomic mass is 9.85. The fraction of sp³-hybridized carbons (Fsp3) is 0.611. The molecule has 0 aromatic heterocycles. The van der Waals surface area contributed by atoms with E-state index in [2.05, 4.69) is 26.1 Å². The number of hydrogen-bond acceptors (Lipinski definition) is 2. The van der Waals surface area contributed by atoms with Crippen LogP contribution in [0.5, 0.6) is 0 Å². The summed E-state index contributed by atoms with van der Waals surface area (Å²) in [7, 11) is 0. The van der Waals surface area contributed by atoms with Crippen LogP contribution < -0.4 is 5.32 Å². The topological polar surface area (TPSA) is 32.3 Å². The second kappa shape index (κ2) is 7.48. The smallest absolute Gasteiger partial charge is 0.253 e. The number of rotatable bonds is 7. The van der Waals surface area contributed by atoms with Gasteiger partial charge in [-0.1, -0.05) is 13.3 Å². The lowest BCUT2D eigenvalue weighted by Crippen LogP contribution is -2.37. The molecule has 1 saturated carbocycles. The summed E-state index contributed by atoms with van der Waals surface area (Å²) in [6.07, 6.45) is 4.99. The van der Waals surface area contributed by atoms with E-state index in [9.17, 15) is 4.79 Å². The maximum Gasteiger partial charge on any atom is 0.253 e. The van der Waals surface area contributed by atoms with Crippen LogP contribution in [-0.4, -0.2) is 30.4 Å². The van der Waals surface area contributed by atoms with Crippen molar-refractivity contribution in [3.05, 3.63) is 29.3 Å². The molecule has 0 aliphatic heterocycles. The van der Waals surface area contributed by atoms with Crippen molar-refractivity contribution in [2.45, 2.75) is 46.5 Å². The lowest BCUT2D eigenvalue weighted by molar-refractivity contribution is 0.0706. The summed E-state index contributed by atoms with van der Waals surface area (Å²) >= 11 is 0. The number of anilines is 1. The lowest BCUT2D eigenvalue weighted by Gasteiger charge is -2.32. The summed E-state index contributed by atoms with van der Waals surface area (Å²) in [6.45, 7) is 8.97. The van der Waals surface area contributed by atoms with Crippen molar-refractivity contribution in [2.75, 3.05) is 25.0 Å². The molecule has 1 aromatic carbocycles. The number of hydrogen-bond donors (Lipinski definition) is 1. The van der Waals surface area contributed by atoms with Crippen LogP contribution in [0.4, 0.5) is 5.69 Å². The average Bonchev–Trinajstić information content (AvgIpc) is 2.44. The zero-order valence-electron chi connectivity index (χ0n) is 13.6. The zero-order chi connectivity index (χ0) is 15.2. The molecular formula is C18H28N2O. The van der Waals surface area contributed by atoms with Gasteiger partial charge < -0.3 is 10.2 Å². The third kappa shape index (κ3) is 3.99. The second-order valence-corrected chi connectivity index (χ2v) is 6.10. The van der Waals surface area contributed by atoms with Crippen LogP contribution in [-0.2, 0) is 0 Å². The first-order valence-corrected chi connectivity index (χ1v) is 8.29. The molecule has 1 N–H and O–H groups in total. The fourth-order valence-corrected chi connectivity index (χ4v) is 2.78. The molecule has 0 heterocycles. The number of carbonyl (C=O) groups is 1. The first-order chi connectivity index (χ1) is 10.2. The van der Waals surface area contributed by atoms with Gasteiger partial charge in [0.2, 0.25) is 0 Å². The van der Waals surface area contributed by atoms with Crippen molar-refractivity contribution in [2.24, 2.45) is 5.92 Å². The first-order valence-electron chi connectivity index (χ1n) is 8.29. The number of aryl methyl sites for hydroxylation is 1. The SMILES string of the molecule is CCCNc1ccc(C(=O)N(CC)CC2CCC2)cc1C. The Balaban J connectivity index is 2.04. The molecule has 21 heavy (non-hydrogen) atoms. The van der Waals surface area contributed by atoms with E-state index in [0.717, 1.165) is 48.8 Å². The highest BCUT2D eigenvalue weighted by Crippen LogP contribution is 2.27. The van der Waals surface area contributed by atoms with E-state index in [1.165, 1.54) is 19.3 Å². The fourth-order valence-electron chi connectivity index (χ4n) is 2.78. The van der Waals surface area contributed by atoms with Crippen molar-refractivity contribution in [1.82, 2.24) is 4.90 Å². The number of nitrogens with zero attached hydrogens (tertiary/aromatic N) is 1. The molecule has 1 aromatic rings. The standard InChI is InChI=1S/C18H28N2O/c1-4-11-19-17-10-9-16(12-14(17)3)18(21)20(5-2)13-15-7-6-8-15/h9-10,12,15,19H,4-8,11,13H2,1-3H3. The van der Waals surface area contributed by atoms with Gasteiger partial charge in [-0.25, -0.2) is 0 Å². The minimum Gasteiger partial charge on any atom is -0.385 e. The first kappa shape index (κ1) is 15.9. The number of amides is 1. The third-order valence-electron chi connectivity index (χ3n) is 4.41. The Bertz CT molecular complexity index is 480. The largest absolute Gasteiger partial charge is 0.385 e. The summed E-state index contributed by atoms with van der Waals surface area (Å²) < 4.78 is 0. The van der Waals surface area contributed by atoms with E-state index < -0.39 is 0 Å². The van der Waals surface area contributed by atoms with Crippen LogP contribution in [0.15, 0.2) is 18.2 Å². The van der Waals surface area contributed by atoms with Gasteiger partial charge in [0.25, 0.3) is 5.91 Å². The number of carbonyl (C=O) groups excluding carboxylic acids is 1. The van der Waals surface area contributed by atoms with Gasteiger partial charge in [0.15, 0.2) is 0 Å². The summed E-state index contributed by atoms with van der Waals surface area (Å²) in [5.41, 5.74) is 3.10. The molecule has 0 radical (unpaired) electrons. The molecule has 3 nitrogen and oxygen atoms in total. The minimum atomic E-state index is 0.176. The van der Waals surface area contributed by atoms with Gasteiger partial charge in [0, 0.05) is 30.9 Å². The minimum absolute atomic E-state index is 0.176. The van der Waals surface area contributed by atoms with Crippen LogP contribution in [0.3, 0.4) is 0 Å². The molecule has 0 bridgehead atoms. The highest BCUT2D eigenvalue weighted by molar-refractivity contribution is 5.95. The molecule has 1 aliphatic carbocycles. The Kier molecular flexibility index (Phi) is 5.66. The van der Waals surface area contributed by atoms with E-state index in [1.807, 2.05) is 23.1 Å². The predicted octanol–water partition coefficient (Wildman–Crippen LogP) is 4.08. The van der Waals surface area contributed by atoms with Crippen molar-refractivity contribution in [3.63, 3.8) is 0 Å². The molecule has 1 amide bonds. The molecule has 0 atom stereocenters. The van der Waals surface area contributed by atoms with Gasteiger partial charge in [-0.3, -0.25) is 4.79 Å². The van der Waals surface area contributed by atoms with Crippen LogP contribution in [0.1, 0.15) is 55.5 Å². The van der Waals surface area contributed by atoms with Crippen molar-refractivity contribution < 1.29 is 4.79 Å². The maximum absolute atomic E-state index is 12.6. The summed E-state index contributed by atoms with van der Waals surface area (Å²) in [6, 6.07) is 6.01. The molecule has 0 saturated heterocycles. The van der Waals surface area contributed by atoms with Crippen LogP contribution in [0.2, 0.25) is 0 Å². The summed E-state index contributed by atoms with van der Waals surface area (Å²) in [5, 5.41) is 3.40. The summed E-state index contributed by atoms with van der Waals surface area (Å²) in [5.74, 6) is 0.898. The molecule has 116 valence electrons. The van der Waals surface area contributed by atoms with Crippen molar-refractivity contribution in [1.29, 1.82) is 0 Å². The van der Waals surface area contributed by atoms with Gasteiger partial charge in [0.05, 0.1) is 0 Å². The zero-order valence-corrected chi connectivity index (χ0v) is 13.6. The molecule has 0 spiro atoms. The summed E-state index contributed by atoms with van der Waals surface area (Å²) in [4.78, 5) is 14.6. The Morgan fingerprint density at radius 3 is 2.62 bits per heavy atom. The second-order valence-electron chi connectivity index (χ2n) is 6.10. The molecule has 1 aliphatic rings. The third-order valence-corrected chi connectivity index (χ3v) is 4.41. The van der Waals surface area contributed by atoms with E-state index in [-0.39, 0.29) is 5.91 Å². The van der Waals surface area contributed by atoms with Gasteiger partial charge in [-0.05, 0) is 62.8 Å².